The van der Waals surface area contributed by atoms with Crippen LogP contribution in [0.1, 0.15) is 23.9 Å². The summed E-state index contributed by atoms with van der Waals surface area (Å²) in [6.45, 7) is 8.04. The lowest BCUT2D eigenvalue weighted by atomic mass is 10.1. The van der Waals surface area contributed by atoms with E-state index in [9.17, 15) is 8.42 Å². The van der Waals surface area contributed by atoms with Gasteiger partial charge in [-0.15, -0.1) is 0 Å². The van der Waals surface area contributed by atoms with Crippen LogP contribution in [-0.4, -0.2) is 55.0 Å². The maximum Gasteiger partial charge on any atom is 0.248 e. The number of nitrogens with zero attached hydrogens (tertiary/aromatic N) is 3. The highest BCUT2D eigenvalue weighted by Gasteiger charge is 2.35. The topological polar surface area (TPSA) is 66.7 Å². The minimum Gasteiger partial charge on any atom is -0.360 e. The summed E-state index contributed by atoms with van der Waals surface area (Å²) in [6, 6.07) is 10.5. The number of aryl methyl sites for hydroxylation is 2. The molecule has 0 bridgehead atoms. The minimum atomic E-state index is -3.55. The average Bonchev–Trinajstić information content (AvgIpc) is 2.94. The summed E-state index contributed by atoms with van der Waals surface area (Å²) >= 11 is 0. The van der Waals surface area contributed by atoms with Gasteiger partial charge in [-0.1, -0.05) is 35.5 Å². The number of sulfonamides is 1. The quantitative estimate of drug-likeness (QED) is 0.815. The smallest absolute Gasteiger partial charge is 0.248 e. The van der Waals surface area contributed by atoms with Gasteiger partial charge in [0.2, 0.25) is 10.0 Å². The van der Waals surface area contributed by atoms with Gasteiger partial charge in [0.1, 0.15) is 10.6 Å². The minimum absolute atomic E-state index is 0.174. The van der Waals surface area contributed by atoms with Gasteiger partial charge in [0.05, 0.1) is 0 Å². The molecule has 0 amide bonds. The van der Waals surface area contributed by atoms with Crippen LogP contribution in [-0.2, 0) is 16.4 Å². The van der Waals surface area contributed by atoms with Crippen molar-refractivity contribution in [3.63, 3.8) is 0 Å². The van der Waals surface area contributed by atoms with E-state index in [2.05, 4.69) is 29.1 Å². The van der Waals surface area contributed by atoms with Crippen LogP contribution in [0.3, 0.4) is 0 Å². The third-order valence-corrected chi connectivity index (χ3v) is 6.93. The molecule has 2 heterocycles. The van der Waals surface area contributed by atoms with E-state index in [-0.39, 0.29) is 10.9 Å². The Hall–Kier alpha value is -1.70. The van der Waals surface area contributed by atoms with Gasteiger partial charge < -0.3 is 4.52 Å². The molecule has 2 aromatic rings. The Labute approximate surface area is 149 Å². The third-order valence-electron chi connectivity index (χ3n) is 4.82. The summed E-state index contributed by atoms with van der Waals surface area (Å²) in [4.78, 5) is 2.57. The molecule has 0 aliphatic carbocycles. The molecule has 1 aromatic carbocycles. The van der Waals surface area contributed by atoms with E-state index >= 15 is 0 Å². The molecule has 0 saturated carbocycles. The predicted octanol–water partition coefficient (Wildman–Crippen LogP) is 2.23. The lowest BCUT2D eigenvalue weighted by Gasteiger charge is -2.39. The standard InChI is InChI=1S/C18H25N3O3S/c1-14-13-21(25(22,23)18-15(2)19-24-16(18)3)12-11-20(14)10-9-17-7-5-4-6-8-17/h4-8,14H,9-13H2,1-3H3. The first kappa shape index (κ1) is 18.1. The van der Waals surface area contributed by atoms with E-state index in [1.165, 1.54) is 5.56 Å². The van der Waals surface area contributed by atoms with Crippen LogP contribution in [0.15, 0.2) is 39.8 Å². The second-order valence-electron chi connectivity index (χ2n) is 6.64. The number of rotatable bonds is 5. The second kappa shape index (κ2) is 7.27. The van der Waals surface area contributed by atoms with Gasteiger partial charge in [-0.05, 0) is 32.8 Å². The monoisotopic (exact) mass is 363 g/mol. The van der Waals surface area contributed by atoms with Crippen molar-refractivity contribution >= 4 is 10.0 Å². The van der Waals surface area contributed by atoms with Crippen LogP contribution in [0.25, 0.3) is 0 Å². The van der Waals surface area contributed by atoms with Crippen molar-refractivity contribution in [2.45, 2.75) is 38.1 Å². The van der Waals surface area contributed by atoms with Gasteiger partial charge in [0.15, 0.2) is 5.76 Å². The SMILES string of the molecule is Cc1noc(C)c1S(=O)(=O)N1CCN(CCc2ccccc2)C(C)C1. The second-order valence-corrected chi connectivity index (χ2v) is 8.51. The first-order valence-electron chi connectivity index (χ1n) is 8.60. The zero-order valence-electron chi connectivity index (χ0n) is 15.0. The zero-order chi connectivity index (χ0) is 18.0. The molecule has 1 aromatic heterocycles. The number of hydrogen-bond acceptors (Lipinski definition) is 5. The first-order chi connectivity index (χ1) is 11.9. The van der Waals surface area contributed by atoms with E-state index in [0.29, 0.717) is 24.5 Å². The Morgan fingerprint density at radius 3 is 2.52 bits per heavy atom. The Balaban J connectivity index is 1.65. The highest BCUT2D eigenvalue weighted by atomic mass is 32.2. The van der Waals surface area contributed by atoms with E-state index in [0.717, 1.165) is 19.5 Å². The van der Waals surface area contributed by atoms with E-state index in [4.69, 9.17) is 4.52 Å². The lowest BCUT2D eigenvalue weighted by molar-refractivity contribution is 0.130. The van der Waals surface area contributed by atoms with Crippen LogP contribution in [0, 0.1) is 13.8 Å². The van der Waals surface area contributed by atoms with Crippen LogP contribution in [0.5, 0.6) is 0 Å². The van der Waals surface area contributed by atoms with Crippen LogP contribution < -0.4 is 0 Å². The van der Waals surface area contributed by atoms with E-state index in [1.807, 2.05) is 18.2 Å². The molecule has 136 valence electrons. The third kappa shape index (κ3) is 3.78. The molecular formula is C18H25N3O3S. The van der Waals surface area contributed by atoms with Crippen LogP contribution in [0.4, 0.5) is 0 Å². The average molecular weight is 363 g/mol. The fourth-order valence-corrected chi connectivity index (χ4v) is 5.21. The summed E-state index contributed by atoms with van der Waals surface area (Å²) in [5, 5.41) is 3.78. The Morgan fingerprint density at radius 2 is 1.92 bits per heavy atom. The molecule has 7 heteroatoms. The zero-order valence-corrected chi connectivity index (χ0v) is 15.8. The number of aromatic nitrogens is 1. The maximum absolute atomic E-state index is 12.9. The highest BCUT2D eigenvalue weighted by Crippen LogP contribution is 2.25. The molecule has 1 aliphatic rings. The van der Waals surface area contributed by atoms with E-state index in [1.54, 1.807) is 18.2 Å². The maximum atomic E-state index is 12.9. The molecule has 3 rings (SSSR count). The molecule has 0 radical (unpaired) electrons. The molecule has 1 atom stereocenters. The van der Waals surface area contributed by atoms with Crippen molar-refractivity contribution in [1.82, 2.24) is 14.4 Å². The molecule has 0 N–H and O–H groups in total. The molecule has 6 nitrogen and oxygen atoms in total. The van der Waals surface area contributed by atoms with Gasteiger partial charge in [0, 0.05) is 32.2 Å². The summed E-state index contributed by atoms with van der Waals surface area (Å²) in [7, 11) is -3.55. The Morgan fingerprint density at radius 1 is 1.20 bits per heavy atom. The molecular weight excluding hydrogens is 338 g/mol. The van der Waals surface area contributed by atoms with Crippen molar-refractivity contribution < 1.29 is 12.9 Å². The Bertz CT molecular complexity index is 798. The lowest BCUT2D eigenvalue weighted by Crippen LogP contribution is -2.53. The normalized spacial score (nSPS) is 20.0. The van der Waals surface area contributed by atoms with Gasteiger partial charge in [-0.2, -0.15) is 4.31 Å². The molecule has 1 unspecified atom stereocenters. The summed E-state index contributed by atoms with van der Waals surface area (Å²) in [5.41, 5.74) is 1.73. The first-order valence-corrected chi connectivity index (χ1v) is 10.0. The summed E-state index contributed by atoms with van der Waals surface area (Å²) in [5.74, 6) is 0.358. The van der Waals surface area contributed by atoms with Gasteiger partial charge >= 0.3 is 0 Å². The number of piperazine rings is 1. The van der Waals surface area contributed by atoms with Crippen molar-refractivity contribution in [1.29, 1.82) is 0 Å². The van der Waals surface area contributed by atoms with Crippen molar-refractivity contribution in [2.75, 3.05) is 26.2 Å². The van der Waals surface area contributed by atoms with Crippen LogP contribution >= 0.6 is 0 Å². The number of hydrogen-bond donors (Lipinski definition) is 0. The van der Waals surface area contributed by atoms with E-state index < -0.39 is 10.0 Å². The molecule has 1 aliphatic heterocycles. The highest BCUT2D eigenvalue weighted by molar-refractivity contribution is 7.89. The van der Waals surface area contributed by atoms with Crippen molar-refractivity contribution in [3.05, 3.63) is 47.3 Å². The van der Waals surface area contributed by atoms with Crippen molar-refractivity contribution in [2.24, 2.45) is 0 Å². The summed E-state index contributed by atoms with van der Waals surface area (Å²) < 4.78 is 32.5. The molecule has 25 heavy (non-hydrogen) atoms. The van der Waals surface area contributed by atoms with Gasteiger partial charge in [-0.25, -0.2) is 8.42 Å². The molecule has 1 saturated heterocycles. The fraction of sp³-hybridized carbons (Fsp3) is 0.500. The predicted molar refractivity (Wildman–Crippen MR) is 95.9 cm³/mol. The molecule has 1 fully saturated rings. The largest absolute Gasteiger partial charge is 0.360 e. The Kier molecular flexibility index (Phi) is 5.27. The van der Waals surface area contributed by atoms with Gasteiger partial charge in [0.25, 0.3) is 0 Å². The van der Waals surface area contributed by atoms with Crippen LogP contribution in [0.2, 0.25) is 0 Å². The number of benzene rings is 1. The van der Waals surface area contributed by atoms with Gasteiger partial charge in [-0.3, -0.25) is 4.90 Å². The molecule has 0 spiro atoms. The summed E-state index contributed by atoms with van der Waals surface area (Å²) in [6.07, 6.45) is 0.974. The fourth-order valence-electron chi connectivity index (χ4n) is 3.40. The van der Waals surface area contributed by atoms with Crippen molar-refractivity contribution in [3.8, 4) is 0 Å².